The lowest BCUT2D eigenvalue weighted by atomic mass is 10.1. The van der Waals surface area contributed by atoms with E-state index in [-0.39, 0.29) is 24.7 Å². The van der Waals surface area contributed by atoms with Gasteiger partial charge in [-0.05, 0) is 30.5 Å². The van der Waals surface area contributed by atoms with Gasteiger partial charge >= 0.3 is 6.18 Å². The van der Waals surface area contributed by atoms with Crippen LogP contribution in [0.25, 0.3) is 0 Å². The summed E-state index contributed by atoms with van der Waals surface area (Å²) in [6, 6.07) is 7.02. The fourth-order valence-corrected chi connectivity index (χ4v) is 3.67. The fraction of sp³-hybridized carbons (Fsp3) is 0.364. The van der Waals surface area contributed by atoms with Crippen molar-refractivity contribution in [2.24, 2.45) is 0 Å². The molecule has 3 heterocycles. The maximum absolute atomic E-state index is 13.1. The van der Waals surface area contributed by atoms with E-state index in [0.29, 0.717) is 31.1 Å². The normalized spacial score (nSPS) is 14.5. The third-order valence-electron chi connectivity index (χ3n) is 5.17. The van der Waals surface area contributed by atoms with Crippen molar-refractivity contribution in [3.05, 3.63) is 77.4 Å². The number of carbonyl (C=O) groups excluding carboxylic acids is 1. The van der Waals surface area contributed by atoms with Crippen LogP contribution in [0, 0.1) is 0 Å². The number of nitrogens with zero attached hydrogens (tertiary/aromatic N) is 3. The van der Waals surface area contributed by atoms with Crippen molar-refractivity contribution in [3.8, 4) is 0 Å². The van der Waals surface area contributed by atoms with E-state index in [1.807, 2.05) is 4.90 Å². The van der Waals surface area contributed by atoms with Crippen molar-refractivity contribution < 1.29 is 26.8 Å². The molecule has 0 spiro atoms. The summed E-state index contributed by atoms with van der Waals surface area (Å²) >= 11 is 0. The van der Waals surface area contributed by atoms with Crippen molar-refractivity contribution in [1.82, 2.24) is 14.8 Å². The van der Waals surface area contributed by atoms with Gasteiger partial charge in [0, 0.05) is 31.7 Å². The molecule has 0 saturated carbocycles. The van der Waals surface area contributed by atoms with E-state index in [1.54, 1.807) is 23.3 Å². The van der Waals surface area contributed by atoms with Crippen molar-refractivity contribution in [2.75, 3.05) is 13.1 Å². The van der Waals surface area contributed by atoms with Crippen LogP contribution in [0.2, 0.25) is 0 Å². The Hall–Kier alpha value is -3.07. The van der Waals surface area contributed by atoms with E-state index in [9.17, 15) is 18.0 Å². The molecular formula is C22H22F3N3O3. The van der Waals surface area contributed by atoms with Crippen LogP contribution in [0.5, 0.6) is 0 Å². The van der Waals surface area contributed by atoms with Crippen molar-refractivity contribution >= 4 is 5.91 Å². The molecule has 6 nitrogen and oxygen atoms in total. The van der Waals surface area contributed by atoms with Gasteiger partial charge in [0.25, 0.3) is 5.91 Å². The van der Waals surface area contributed by atoms with Gasteiger partial charge in [-0.3, -0.25) is 9.69 Å². The predicted octanol–water partition coefficient (Wildman–Crippen LogP) is 4.72. The molecule has 1 amide bonds. The standard InChI is InChI=1S/C22H22F3N3O3/c23-22(24,25)18-5-3-4-16(10-18)11-27(12-17-6-9-30-14-17)13-20-26-19(15-31-20)21(29)28-7-1-2-8-28/h3-6,9-10,14-15H,1-2,7-8,11-13H2. The quantitative estimate of drug-likeness (QED) is 0.539. The molecule has 2 aromatic heterocycles. The number of furan rings is 1. The Kier molecular flexibility index (Phi) is 6.13. The summed E-state index contributed by atoms with van der Waals surface area (Å²) in [5.74, 6) is 0.171. The van der Waals surface area contributed by atoms with Crippen molar-refractivity contribution in [3.63, 3.8) is 0 Å². The molecule has 1 aliphatic rings. The molecule has 31 heavy (non-hydrogen) atoms. The summed E-state index contributed by atoms with van der Waals surface area (Å²) < 4.78 is 49.8. The Labute approximate surface area is 177 Å². The van der Waals surface area contributed by atoms with Gasteiger partial charge in [0.2, 0.25) is 5.89 Å². The molecule has 3 aromatic rings. The second-order valence-electron chi connectivity index (χ2n) is 7.60. The highest BCUT2D eigenvalue weighted by Crippen LogP contribution is 2.30. The summed E-state index contributed by atoms with van der Waals surface area (Å²) in [6.45, 7) is 2.32. The lowest BCUT2D eigenvalue weighted by molar-refractivity contribution is -0.137. The Morgan fingerprint density at radius 2 is 1.84 bits per heavy atom. The molecule has 1 aliphatic heterocycles. The van der Waals surface area contributed by atoms with Crippen LogP contribution in [-0.2, 0) is 25.8 Å². The average molecular weight is 433 g/mol. The zero-order valence-corrected chi connectivity index (χ0v) is 16.8. The Balaban J connectivity index is 1.50. The molecule has 0 bridgehead atoms. The molecule has 0 atom stereocenters. The third kappa shape index (κ3) is 5.35. The topological polar surface area (TPSA) is 62.7 Å². The molecule has 1 aromatic carbocycles. The largest absolute Gasteiger partial charge is 0.472 e. The number of benzene rings is 1. The second kappa shape index (κ2) is 8.97. The highest BCUT2D eigenvalue weighted by molar-refractivity contribution is 5.92. The van der Waals surface area contributed by atoms with Gasteiger partial charge in [-0.15, -0.1) is 0 Å². The van der Waals surface area contributed by atoms with Crippen LogP contribution in [0.1, 0.15) is 45.9 Å². The van der Waals surface area contributed by atoms with Crippen LogP contribution in [0.15, 0.2) is 58.0 Å². The average Bonchev–Trinajstić information content (AvgIpc) is 3.50. The zero-order valence-electron chi connectivity index (χ0n) is 16.8. The number of likely N-dealkylation sites (tertiary alicyclic amines) is 1. The maximum Gasteiger partial charge on any atom is 0.416 e. The minimum Gasteiger partial charge on any atom is -0.472 e. The Morgan fingerprint density at radius 3 is 2.55 bits per heavy atom. The smallest absolute Gasteiger partial charge is 0.416 e. The number of oxazole rings is 1. The zero-order chi connectivity index (χ0) is 21.8. The first-order chi connectivity index (χ1) is 14.9. The Morgan fingerprint density at radius 1 is 1.06 bits per heavy atom. The van der Waals surface area contributed by atoms with E-state index in [2.05, 4.69) is 4.98 Å². The number of amides is 1. The number of aromatic nitrogens is 1. The molecule has 0 N–H and O–H groups in total. The lowest BCUT2D eigenvalue weighted by Crippen LogP contribution is -2.28. The number of alkyl halides is 3. The van der Waals surface area contributed by atoms with Gasteiger partial charge in [0.15, 0.2) is 5.69 Å². The number of carbonyl (C=O) groups is 1. The second-order valence-corrected chi connectivity index (χ2v) is 7.60. The van der Waals surface area contributed by atoms with Gasteiger partial charge in [-0.25, -0.2) is 4.98 Å². The van der Waals surface area contributed by atoms with Crippen LogP contribution in [-0.4, -0.2) is 33.8 Å². The van der Waals surface area contributed by atoms with E-state index >= 15 is 0 Å². The summed E-state index contributed by atoms with van der Waals surface area (Å²) in [6.07, 6.45) is 2.01. The molecule has 0 radical (unpaired) electrons. The SMILES string of the molecule is O=C(c1coc(CN(Cc2ccoc2)Cc2cccc(C(F)(F)F)c2)n1)N1CCCC1. The van der Waals surface area contributed by atoms with Gasteiger partial charge in [-0.2, -0.15) is 13.2 Å². The van der Waals surface area contributed by atoms with Crippen molar-refractivity contribution in [1.29, 1.82) is 0 Å². The molecule has 0 aliphatic carbocycles. The summed E-state index contributed by atoms with van der Waals surface area (Å²) in [7, 11) is 0. The monoisotopic (exact) mass is 433 g/mol. The molecule has 4 rings (SSSR count). The van der Waals surface area contributed by atoms with Crippen LogP contribution >= 0.6 is 0 Å². The minimum absolute atomic E-state index is 0.160. The first-order valence-corrected chi connectivity index (χ1v) is 10.0. The van der Waals surface area contributed by atoms with E-state index < -0.39 is 11.7 Å². The van der Waals surface area contributed by atoms with E-state index in [0.717, 1.165) is 30.5 Å². The van der Waals surface area contributed by atoms with E-state index in [1.165, 1.54) is 18.6 Å². The van der Waals surface area contributed by atoms with Crippen LogP contribution < -0.4 is 0 Å². The fourth-order valence-electron chi connectivity index (χ4n) is 3.67. The lowest BCUT2D eigenvalue weighted by Gasteiger charge is -2.21. The molecule has 1 fully saturated rings. The molecule has 0 unspecified atom stereocenters. The highest BCUT2D eigenvalue weighted by Gasteiger charge is 2.30. The van der Waals surface area contributed by atoms with Crippen LogP contribution in [0.3, 0.4) is 0 Å². The summed E-state index contributed by atoms with van der Waals surface area (Å²) in [5.41, 5.74) is 0.937. The first kappa shape index (κ1) is 21.2. The molecule has 164 valence electrons. The summed E-state index contributed by atoms with van der Waals surface area (Å²) in [5, 5.41) is 0. The summed E-state index contributed by atoms with van der Waals surface area (Å²) in [4.78, 5) is 20.4. The molecule has 9 heteroatoms. The predicted molar refractivity (Wildman–Crippen MR) is 105 cm³/mol. The minimum atomic E-state index is -4.40. The third-order valence-corrected chi connectivity index (χ3v) is 5.17. The van der Waals surface area contributed by atoms with Crippen LogP contribution in [0.4, 0.5) is 13.2 Å². The highest BCUT2D eigenvalue weighted by atomic mass is 19.4. The van der Waals surface area contributed by atoms with Gasteiger partial charge in [-0.1, -0.05) is 18.2 Å². The van der Waals surface area contributed by atoms with Gasteiger partial charge in [0.1, 0.15) is 6.26 Å². The molecule has 1 saturated heterocycles. The molecular weight excluding hydrogens is 411 g/mol. The number of halogens is 3. The maximum atomic E-state index is 13.1. The first-order valence-electron chi connectivity index (χ1n) is 10.0. The number of hydrogen-bond acceptors (Lipinski definition) is 5. The number of hydrogen-bond donors (Lipinski definition) is 0. The van der Waals surface area contributed by atoms with Gasteiger partial charge in [0.05, 0.1) is 24.6 Å². The Bertz CT molecular complexity index is 1010. The van der Waals surface area contributed by atoms with E-state index in [4.69, 9.17) is 8.83 Å². The van der Waals surface area contributed by atoms with Crippen molar-refractivity contribution in [2.45, 2.75) is 38.7 Å². The van der Waals surface area contributed by atoms with Gasteiger partial charge < -0.3 is 13.7 Å². The number of rotatable bonds is 7.